The Morgan fingerprint density at radius 3 is 3.00 bits per heavy atom. The monoisotopic (exact) mass is 210 g/mol. The number of carbonyl (C=O) groups excluding carboxylic acids is 3. The fourth-order valence-electron chi connectivity index (χ4n) is 1.05. The third-order valence-corrected chi connectivity index (χ3v) is 1.70. The van der Waals surface area contributed by atoms with Crippen LogP contribution in [0.25, 0.3) is 0 Å². The van der Waals surface area contributed by atoms with Crippen LogP contribution in [-0.2, 0) is 23.9 Å². The van der Waals surface area contributed by atoms with Crippen molar-refractivity contribution < 1.29 is 23.9 Å². The Bertz CT molecular complexity index is 351. The maximum atomic E-state index is 11.3. The second kappa shape index (κ2) is 5.09. The van der Waals surface area contributed by atoms with E-state index in [0.29, 0.717) is 11.9 Å². The number of hydrogen-bond acceptors (Lipinski definition) is 5. The summed E-state index contributed by atoms with van der Waals surface area (Å²) in [5, 5.41) is 0. The Hall–Kier alpha value is -1.91. The van der Waals surface area contributed by atoms with Crippen LogP contribution in [0.4, 0.5) is 0 Å². The van der Waals surface area contributed by atoms with E-state index in [-0.39, 0.29) is 18.8 Å². The van der Waals surface area contributed by atoms with E-state index in [1.165, 1.54) is 12.2 Å². The van der Waals surface area contributed by atoms with Crippen molar-refractivity contribution in [2.45, 2.75) is 6.92 Å². The van der Waals surface area contributed by atoms with Gasteiger partial charge in [-0.3, -0.25) is 4.79 Å². The van der Waals surface area contributed by atoms with E-state index in [9.17, 15) is 14.4 Å². The molecule has 0 amide bonds. The molecule has 0 aromatic heterocycles. The molecule has 0 fully saturated rings. The van der Waals surface area contributed by atoms with Crippen molar-refractivity contribution in [1.82, 2.24) is 0 Å². The van der Waals surface area contributed by atoms with Gasteiger partial charge in [-0.25, -0.2) is 9.59 Å². The van der Waals surface area contributed by atoms with Gasteiger partial charge in [0.25, 0.3) is 0 Å². The molecule has 0 saturated carbocycles. The summed E-state index contributed by atoms with van der Waals surface area (Å²) in [5.41, 5.74) is 0.281. The smallest absolute Gasteiger partial charge is 0.345 e. The van der Waals surface area contributed by atoms with Gasteiger partial charge in [0.15, 0.2) is 0 Å². The molecule has 0 atom stereocenters. The number of esters is 2. The molecule has 0 aliphatic carbocycles. The minimum atomic E-state index is -0.737. The maximum absolute atomic E-state index is 11.3. The number of allylic oxidation sites excluding steroid dienone is 1. The number of ether oxygens (including phenoxy) is 2. The molecule has 0 N–H and O–H groups in total. The Labute approximate surface area is 86.4 Å². The molecule has 5 heteroatoms. The van der Waals surface area contributed by atoms with Crippen molar-refractivity contribution in [3.05, 3.63) is 23.3 Å². The van der Waals surface area contributed by atoms with Crippen molar-refractivity contribution in [3.63, 3.8) is 0 Å². The van der Waals surface area contributed by atoms with Gasteiger partial charge in [0.2, 0.25) is 0 Å². The third kappa shape index (κ3) is 2.77. The van der Waals surface area contributed by atoms with E-state index in [4.69, 9.17) is 0 Å². The summed E-state index contributed by atoms with van der Waals surface area (Å²) < 4.78 is 9.34. The number of carbonyl (C=O) groups is 3. The van der Waals surface area contributed by atoms with Crippen LogP contribution < -0.4 is 0 Å². The van der Waals surface area contributed by atoms with Crippen molar-refractivity contribution in [2.75, 3.05) is 13.2 Å². The first-order valence-electron chi connectivity index (χ1n) is 4.39. The molecule has 5 nitrogen and oxygen atoms in total. The van der Waals surface area contributed by atoms with Crippen LogP contribution in [0.15, 0.2) is 23.3 Å². The van der Waals surface area contributed by atoms with E-state index in [0.717, 1.165) is 0 Å². The molecule has 80 valence electrons. The summed E-state index contributed by atoms with van der Waals surface area (Å²) in [4.78, 5) is 32.6. The van der Waals surface area contributed by atoms with Crippen molar-refractivity contribution in [2.24, 2.45) is 0 Å². The Kier molecular flexibility index (Phi) is 3.79. The average molecular weight is 210 g/mol. The molecule has 0 unspecified atom stereocenters. The van der Waals surface area contributed by atoms with Gasteiger partial charge < -0.3 is 9.47 Å². The predicted molar refractivity (Wildman–Crippen MR) is 49.8 cm³/mol. The topological polar surface area (TPSA) is 69.7 Å². The van der Waals surface area contributed by atoms with Crippen molar-refractivity contribution >= 4 is 18.2 Å². The molecule has 15 heavy (non-hydrogen) atoms. The zero-order chi connectivity index (χ0) is 11.3. The van der Waals surface area contributed by atoms with Gasteiger partial charge in [-0.1, -0.05) is 0 Å². The molecule has 0 radical (unpaired) electrons. The van der Waals surface area contributed by atoms with E-state index in [2.05, 4.69) is 9.47 Å². The molecule has 0 bridgehead atoms. The van der Waals surface area contributed by atoms with Gasteiger partial charge in [0, 0.05) is 0 Å². The summed E-state index contributed by atoms with van der Waals surface area (Å²) in [7, 11) is 0. The zero-order valence-corrected chi connectivity index (χ0v) is 8.19. The number of aldehydes is 1. The van der Waals surface area contributed by atoms with Crippen molar-refractivity contribution in [3.8, 4) is 0 Å². The van der Waals surface area contributed by atoms with E-state index < -0.39 is 11.9 Å². The summed E-state index contributed by atoms with van der Waals surface area (Å²) >= 11 is 0. The van der Waals surface area contributed by atoms with E-state index >= 15 is 0 Å². The van der Waals surface area contributed by atoms with Gasteiger partial charge in [-0.05, 0) is 24.6 Å². The quantitative estimate of drug-likeness (QED) is 0.287. The average Bonchev–Trinajstić information content (AvgIpc) is 2.21. The van der Waals surface area contributed by atoms with Gasteiger partial charge >= 0.3 is 11.9 Å². The van der Waals surface area contributed by atoms with Gasteiger partial charge in [0.1, 0.15) is 18.5 Å². The van der Waals surface area contributed by atoms with E-state index in [1.54, 1.807) is 6.92 Å². The second-order valence-electron chi connectivity index (χ2n) is 2.73. The van der Waals surface area contributed by atoms with Crippen LogP contribution >= 0.6 is 0 Å². The van der Waals surface area contributed by atoms with Crippen LogP contribution in [0.1, 0.15) is 6.92 Å². The Balaban J connectivity index is 2.91. The fourth-order valence-corrected chi connectivity index (χ4v) is 1.05. The van der Waals surface area contributed by atoms with Gasteiger partial charge in [-0.2, -0.15) is 0 Å². The zero-order valence-electron chi connectivity index (χ0n) is 8.19. The van der Waals surface area contributed by atoms with Crippen LogP contribution in [0.2, 0.25) is 0 Å². The molecule has 1 rings (SSSR count). The molecule has 1 heterocycles. The first-order valence-corrected chi connectivity index (χ1v) is 4.39. The molecule has 0 spiro atoms. The largest absolute Gasteiger partial charge is 0.462 e. The van der Waals surface area contributed by atoms with Gasteiger partial charge in [-0.15, -0.1) is 0 Å². The first-order chi connectivity index (χ1) is 7.19. The minimum Gasteiger partial charge on any atom is -0.462 e. The van der Waals surface area contributed by atoms with Gasteiger partial charge in [0.05, 0.1) is 6.61 Å². The maximum Gasteiger partial charge on any atom is 0.345 e. The Morgan fingerprint density at radius 2 is 2.40 bits per heavy atom. The van der Waals surface area contributed by atoms with Crippen LogP contribution in [-0.4, -0.2) is 31.4 Å². The minimum absolute atomic E-state index is 0.000475. The van der Waals surface area contributed by atoms with Crippen LogP contribution in [0.3, 0.4) is 0 Å². The lowest BCUT2D eigenvalue weighted by atomic mass is 10.1. The number of rotatable bonds is 3. The fraction of sp³-hybridized carbons (Fsp3) is 0.300. The predicted octanol–water partition coefficient (Wildman–Crippen LogP) is 0.158. The molecular formula is C10H10O5. The second-order valence-corrected chi connectivity index (χ2v) is 2.73. The standard InChI is InChI=1S/C10H10O5/c1-2-14-9(12)8-5-7(3-4-11)6-15-10(8)13/h3-5H,2,6H2,1H3/b7-3+. The number of cyclic esters (lactones) is 1. The number of hydrogen-bond donors (Lipinski definition) is 0. The molecule has 1 aliphatic heterocycles. The SMILES string of the molecule is CCOC(=O)C1=C/C(=C\C=O)COC1=O. The van der Waals surface area contributed by atoms with E-state index in [1.807, 2.05) is 0 Å². The summed E-state index contributed by atoms with van der Waals surface area (Å²) in [6, 6.07) is 0. The highest BCUT2D eigenvalue weighted by molar-refractivity contribution is 6.15. The summed E-state index contributed by atoms with van der Waals surface area (Å²) in [6.45, 7) is 1.81. The highest BCUT2D eigenvalue weighted by Crippen LogP contribution is 2.13. The molecule has 1 aliphatic rings. The highest BCUT2D eigenvalue weighted by Gasteiger charge is 2.25. The lowest BCUT2D eigenvalue weighted by Crippen LogP contribution is -2.23. The first kappa shape index (κ1) is 11.2. The summed E-state index contributed by atoms with van der Waals surface area (Å²) in [6.07, 6.45) is 3.09. The molecule has 0 aromatic rings. The Morgan fingerprint density at radius 1 is 1.67 bits per heavy atom. The van der Waals surface area contributed by atoms with Crippen molar-refractivity contribution in [1.29, 1.82) is 0 Å². The molecule has 0 saturated heterocycles. The van der Waals surface area contributed by atoms with Crippen LogP contribution in [0.5, 0.6) is 0 Å². The lowest BCUT2D eigenvalue weighted by Gasteiger charge is -2.13. The van der Waals surface area contributed by atoms with Crippen LogP contribution in [0, 0.1) is 0 Å². The molecule has 0 aromatic carbocycles. The third-order valence-electron chi connectivity index (χ3n) is 1.70. The summed E-state index contributed by atoms with van der Waals surface area (Å²) in [5.74, 6) is -1.46. The highest BCUT2D eigenvalue weighted by atomic mass is 16.6. The normalized spacial score (nSPS) is 18.1. The molecular weight excluding hydrogens is 200 g/mol. The lowest BCUT2D eigenvalue weighted by molar-refractivity contribution is -0.147.